The van der Waals surface area contributed by atoms with Crippen LogP contribution in [0.4, 0.5) is 30.6 Å². The molecule has 0 bridgehead atoms. The van der Waals surface area contributed by atoms with Gasteiger partial charge in [0.15, 0.2) is 0 Å². The van der Waals surface area contributed by atoms with E-state index in [4.69, 9.17) is 5.48 Å². The summed E-state index contributed by atoms with van der Waals surface area (Å²) >= 11 is 0. The number of carbonyl (C=O) groups is 1. The third kappa shape index (κ3) is 6.65. The number of hydrogen-bond acceptors (Lipinski definition) is 7. The number of likely N-dealkylation sites (tertiary alicyclic amines) is 2. The van der Waals surface area contributed by atoms with E-state index in [1.165, 1.54) is 13.1 Å². The predicted molar refractivity (Wildman–Crippen MR) is 131 cm³/mol. The summed E-state index contributed by atoms with van der Waals surface area (Å²) in [6.07, 6.45) is 3.30. The molecule has 1 atom stereocenters. The summed E-state index contributed by atoms with van der Waals surface area (Å²) < 4.78 is 73.7. The number of aromatic nitrogens is 4. The molecule has 1 amide bonds. The molecule has 36 heavy (non-hydrogen) atoms. The molecule has 0 aliphatic carbocycles. The molecule has 1 unspecified atom stereocenters. The lowest BCUT2D eigenvalue weighted by molar-refractivity contribution is -0.137. The lowest BCUT2D eigenvalue weighted by Gasteiger charge is -2.34. The van der Waals surface area contributed by atoms with Crippen LogP contribution in [0.2, 0.25) is 0 Å². The normalized spacial score (nSPS) is 21.8. The number of nitrogens with one attached hydrogen (secondary N) is 2. The number of nitrogens with zero attached hydrogens (tertiary/aromatic N) is 6. The Labute approximate surface area is 215 Å². The Morgan fingerprint density at radius 2 is 2.06 bits per heavy atom. The van der Waals surface area contributed by atoms with Crippen molar-refractivity contribution in [3.8, 4) is 0 Å². The van der Waals surface area contributed by atoms with Crippen LogP contribution in [-0.2, 0) is 11.0 Å². The number of hydrogen-bond donors (Lipinski definition) is 2. The summed E-state index contributed by atoms with van der Waals surface area (Å²) in [5.41, 5.74) is -0.488. The minimum absolute atomic E-state index is 0.0169. The molecule has 0 aromatic carbocycles. The summed E-state index contributed by atoms with van der Waals surface area (Å²) in [5, 5.41) is 10.0. The Bertz CT molecular complexity index is 1170. The maximum atomic E-state index is 13.6. The summed E-state index contributed by atoms with van der Waals surface area (Å²) in [6.45, 7) is 1.18. The molecule has 12 heteroatoms. The quantitative estimate of drug-likeness (QED) is 0.484. The zero-order valence-electron chi connectivity index (χ0n) is 24.3. The monoisotopic (exact) mass is 512 g/mol. The molecular formula is C24H35F3N8O. The number of rotatable bonds is 9. The van der Waals surface area contributed by atoms with Crippen molar-refractivity contribution in [2.24, 2.45) is 0 Å². The van der Waals surface area contributed by atoms with E-state index in [0.717, 1.165) is 19.0 Å². The van der Waals surface area contributed by atoms with Crippen molar-refractivity contribution in [2.45, 2.75) is 70.5 Å². The second-order valence-corrected chi connectivity index (χ2v) is 9.21. The molecule has 9 nitrogen and oxygen atoms in total. The van der Waals surface area contributed by atoms with E-state index in [-0.39, 0.29) is 30.3 Å². The number of anilines is 3. The molecule has 2 saturated heterocycles. The largest absolute Gasteiger partial charge is 0.421 e. The smallest absolute Gasteiger partial charge is 0.369 e. The molecule has 2 aliphatic rings. The summed E-state index contributed by atoms with van der Waals surface area (Å²) in [6, 6.07) is -1.69. The van der Waals surface area contributed by atoms with Gasteiger partial charge in [0.1, 0.15) is 11.4 Å². The number of amides is 1. The Morgan fingerprint density at radius 3 is 2.78 bits per heavy atom. The van der Waals surface area contributed by atoms with Gasteiger partial charge in [-0.2, -0.15) is 23.3 Å². The number of halogens is 3. The van der Waals surface area contributed by atoms with E-state index in [9.17, 15) is 18.0 Å². The van der Waals surface area contributed by atoms with Gasteiger partial charge in [-0.3, -0.25) is 9.48 Å². The number of piperidine rings is 2. The van der Waals surface area contributed by atoms with Gasteiger partial charge < -0.3 is 20.4 Å². The van der Waals surface area contributed by atoms with Crippen LogP contribution in [-0.4, -0.2) is 74.2 Å². The second kappa shape index (κ2) is 11.4. The van der Waals surface area contributed by atoms with Crippen molar-refractivity contribution in [1.29, 1.82) is 0 Å². The first kappa shape index (κ1) is 21.2. The standard InChI is InChI=1S/C24H35F3N8O/c1-17(2)33-12-7-19(8-13-33)35-16-18(14-30-35)31-23-29-15-20(24(25,26)27)22(32-23)28-9-5-11-34-10-4-3-6-21(34)36/h14-17,19H,3-13H2,1-2H3,(H2,28,29,31,32)/i1D3,17D. The molecule has 4 heterocycles. The average Bonchev–Trinajstić information content (AvgIpc) is 3.35. The fraction of sp³-hybridized carbons (Fsp3) is 0.667. The molecule has 2 N–H and O–H groups in total. The minimum Gasteiger partial charge on any atom is -0.369 e. The Balaban J connectivity index is 1.36. The molecule has 198 valence electrons. The van der Waals surface area contributed by atoms with E-state index >= 15 is 0 Å². The van der Waals surface area contributed by atoms with Crippen LogP contribution >= 0.6 is 0 Å². The van der Waals surface area contributed by atoms with Crippen molar-refractivity contribution in [2.75, 3.05) is 43.4 Å². The SMILES string of the molecule is [2H]C([2H])([2H])C([2H])(C)N1CCC(n2cc(Nc3ncc(C(F)(F)F)c(NCCCN4CCCCC4=O)n3)cn2)CC1. The zero-order valence-corrected chi connectivity index (χ0v) is 20.3. The average molecular weight is 513 g/mol. The third-order valence-electron chi connectivity index (χ3n) is 6.58. The van der Waals surface area contributed by atoms with Crippen LogP contribution in [0.3, 0.4) is 0 Å². The first-order valence-electron chi connectivity index (χ1n) is 14.3. The van der Waals surface area contributed by atoms with Crippen LogP contribution in [0.15, 0.2) is 18.6 Å². The fourth-order valence-electron chi connectivity index (χ4n) is 4.56. The van der Waals surface area contributed by atoms with Crippen LogP contribution in [0.1, 0.15) is 69.4 Å². The highest BCUT2D eigenvalue weighted by Gasteiger charge is 2.35. The topological polar surface area (TPSA) is 91.2 Å². The van der Waals surface area contributed by atoms with Crippen LogP contribution in [0.5, 0.6) is 0 Å². The predicted octanol–water partition coefficient (Wildman–Crippen LogP) is 4.30. The number of carbonyl (C=O) groups excluding carboxylic acids is 1. The Kier molecular flexibility index (Phi) is 6.75. The van der Waals surface area contributed by atoms with Crippen molar-refractivity contribution < 1.29 is 23.4 Å². The van der Waals surface area contributed by atoms with Crippen LogP contribution < -0.4 is 10.6 Å². The van der Waals surface area contributed by atoms with E-state index in [1.54, 1.807) is 20.7 Å². The molecular weight excluding hydrogens is 473 g/mol. The Morgan fingerprint density at radius 1 is 1.25 bits per heavy atom. The van der Waals surface area contributed by atoms with Crippen LogP contribution in [0.25, 0.3) is 0 Å². The van der Waals surface area contributed by atoms with E-state index in [2.05, 4.69) is 25.7 Å². The summed E-state index contributed by atoms with van der Waals surface area (Å²) in [5.74, 6) is -0.298. The maximum absolute atomic E-state index is 13.6. The zero-order chi connectivity index (χ0) is 29.1. The van der Waals surface area contributed by atoms with Gasteiger partial charge in [0.2, 0.25) is 11.9 Å². The van der Waals surface area contributed by atoms with Crippen molar-refractivity contribution in [3.63, 3.8) is 0 Å². The molecule has 4 rings (SSSR count). The second-order valence-electron chi connectivity index (χ2n) is 9.21. The molecule has 2 fully saturated rings. The highest BCUT2D eigenvalue weighted by molar-refractivity contribution is 5.76. The minimum atomic E-state index is -4.64. The highest BCUT2D eigenvalue weighted by Crippen LogP contribution is 2.34. The van der Waals surface area contributed by atoms with Gasteiger partial charge in [-0.1, -0.05) is 0 Å². The molecule has 0 radical (unpaired) electrons. The molecule has 2 aromatic rings. The van der Waals surface area contributed by atoms with Gasteiger partial charge in [-0.15, -0.1) is 0 Å². The highest BCUT2D eigenvalue weighted by atomic mass is 19.4. The first-order chi connectivity index (χ1) is 18.8. The van der Waals surface area contributed by atoms with E-state index < -0.39 is 24.6 Å². The van der Waals surface area contributed by atoms with Gasteiger partial charge in [-0.05, 0) is 45.9 Å². The van der Waals surface area contributed by atoms with Gasteiger partial charge in [0.25, 0.3) is 0 Å². The molecule has 0 spiro atoms. The van der Waals surface area contributed by atoms with Gasteiger partial charge in [-0.25, -0.2) is 4.98 Å². The third-order valence-corrected chi connectivity index (χ3v) is 6.58. The van der Waals surface area contributed by atoms with E-state index in [1.807, 2.05) is 0 Å². The summed E-state index contributed by atoms with van der Waals surface area (Å²) in [7, 11) is 0. The fourth-order valence-corrected chi connectivity index (χ4v) is 4.56. The maximum Gasteiger partial charge on any atom is 0.421 e. The van der Waals surface area contributed by atoms with Gasteiger partial charge >= 0.3 is 6.18 Å². The first-order valence-corrected chi connectivity index (χ1v) is 12.3. The molecule has 0 saturated carbocycles. The van der Waals surface area contributed by atoms with Crippen molar-refractivity contribution in [1.82, 2.24) is 29.5 Å². The van der Waals surface area contributed by atoms with Crippen molar-refractivity contribution in [3.05, 3.63) is 24.2 Å². The molecule has 2 aromatic heterocycles. The molecule has 2 aliphatic heterocycles. The lowest BCUT2D eigenvalue weighted by atomic mass is 10.0. The summed E-state index contributed by atoms with van der Waals surface area (Å²) in [4.78, 5) is 23.2. The number of alkyl halides is 3. The van der Waals surface area contributed by atoms with E-state index in [0.29, 0.717) is 57.5 Å². The van der Waals surface area contributed by atoms with Crippen LogP contribution in [0, 0.1) is 0 Å². The van der Waals surface area contributed by atoms with Crippen molar-refractivity contribution >= 4 is 23.4 Å². The lowest BCUT2D eigenvalue weighted by Crippen LogP contribution is -2.39. The Hall–Kier alpha value is -2.89. The van der Waals surface area contributed by atoms with Gasteiger partial charge in [0.05, 0.1) is 17.9 Å². The van der Waals surface area contributed by atoms with Gasteiger partial charge in [0, 0.05) is 63.0 Å².